The van der Waals surface area contributed by atoms with Gasteiger partial charge in [-0.3, -0.25) is 4.90 Å². The van der Waals surface area contributed by atoms with Gasteiger partial charge in [-0.05, 0) is 55.8 Å². The fourth-order valence-electron chi connectivity index (χ4n) is 4.26. The van der Waals surface area contributed by atoms with Crippen molar-refractivity contribution in [2.45, 2.75) is 50.6 Å². The molecule has 3 unspecified atom stereocenters. The van der Waals surface area contributed by atoms with Gasteiger partial charge in [0.2, 0.25) is 0 Å². The summed E-state index contributed by atoms with van der Waals surface area (Å²) in [6.07, 6.45) is 8.10. The van der Waals surface area contributed by atoms with E-state index < -0.39 is 0 Å². The van der Waals surface area contributed by atoms with Crippen molar-refractivity contribution >= 4 is 23.2 Å². The highest BCUT2D eigenvalue weighted by atomic mass is 35.5. The molecule has 1 aliphatic carbocycles. The molecular weight excluding hydrogens is 303 g/mol. The first-order valence-corrected chi connectivity index (χ1v) is 8.87. The molecule has 1 saturated heterocycles. The number of halogens is 2. The van der Waals surface area contributed by atoms with Gasteiger partial charge in [-0.25, -0.2) is 0 Å². The molecule has 2 N–H and O–H groups in total. The average Bonchev–Trinajstić information content (AvgIpc) is 2.50. The van der Waals surface area contributed by atoms with Gasteiger partial charge in [0.25, 0.3) is 0 Å². The number of nitrogens with zero attached hydrogens (tertiary/aromatic N) is 1. The average molecular weight is 327 g/mol. The topological polar surface area (TPSA) is 29.3 Å². The summed E-state index contributed by atoms with van der Waals surface area (Å²) in [5.74, 6) is 0.854. The van der Waals surface area contributed by atoms with Gasteiger partial charge in [0.1, 0.15) is 0 Å². The summed E-state index contributed by atoms with van der Waals surface area (Å²) in [5, 5.41) is 1.43. The van der Waals surface area contributed by atoms with Crippen molar-refractivity contribution in [2.75, 3.05) is 13.1 Å². The highest BCUT2D eigenvalue weighted by molar-refractivity contribution is 6.35. The van der Waals surface area contributed by atoms with Gasteiger partial charge >= 0.3 is 0 Å². The Labute approximate surface area is 137 Å². The largest absolute Gasteiger partial charge is 0.329 e. The molecular formula is C17H24Cl2N2. The molecule has 0 bridgehead atoms. The van der Waals surface area contributed by atoms with Crippen molar-refractivity contribution < 1.29 is 0 Å². The third-order valence-corrected chi connectivity index (χ3v) is 5.79. The van der Waals surface area contributed by atoms with Crippen molar-refractivity contribution in [1.82, 2.24) is 4.90 Å². The summed E-state index contributed by atoms with van der Waals surface area (Å²) in [4.78, 5) is 2.63. The van der Waals surface area contributed by atoms with Crippen molar-refractivity contribution in [3.05, 3.63) is 33.8 Å². The van der Waals surface area contributed by atoms with Crippen molar-refractivity contribution in [2.24, 2.45) is 11.7 Å². The highest BCUT2D eigenvalue weighted by Gasteiger charge is 2.37. The fourth-order valence-corrected chi connectivity index (χ4v) is 4.80. The molecule has 0 spiro atoms. The van der Waals surface area contributed by atoms with Crippen LogP contribution < -0.4 is 5.73 Å². The SMILES string of the molecule is NCC(c1ccc(Cl)cc1Cl)N1CCCC2CCCCC21. The van der Waals surface area contributed by atoms with E-state index in [1.54, 1.807) is 0 Å². The summed E-state index contributed by atoms with van der Waals surface area (Å²) in [6.45, 7) is 1.76. The molecule has 21 heavy (non-hydrogen) atoms. The van der Waals surface area contributed by atoms with Crippen molar-refractivity contribution in [3.8, 4) is 0 Å². The number of piperidine rings is 1. The van der Waals surface area contributed by atoms with Crippen LogP contribution in [0.5, 0.6) is 0 Å². The van der Waals surface area contributed by atoms with Crippen LogP contribution in [-0.2, 0) is 0 Å². The molecule has 1 heterocycles. The van der Waals surface area contributed by atoms with Crippen LogP contribution in [0.15, 0.2) is 18.2 Å². The smallest absolute Gasteiger partial charge is 0.0488 e. The summed E-state index contributed by atoms with van der Waals surface area (Å²) < 4.78 is 0. The lowest BCUT2D eigenvalue weighted by Crippen LogP contribution is -2.50. The molecule has 4 heteroatoms. The molecule has 1 saturated carbocycles. The van der Waals surface area contributed by atoms with E-state index in [1.165, 1.54) is 38.5 Å². The highest BCUT2D eigenvalue weighted by Crippen LogP contribution is 2.40. The van der Waals surface area contributed by atoms with E-state index in [4.69, 9.17) is 28.9 Å². The number of nitrogens with two attached hydrogens (primary N) is 1. The van der Waals surface area contributed by atoms with Gasteiger partial charge in [-0.15, -0.1) is 0 Å². The predicted molar refractivity (Wildman–Crippen MR) is 89.9 cm³/mol. The van der Waals surface area contributed by atoms with Crippen LogP contribution in [0, 0.1) is 5.92 Å². The van der Waals surface area contributed by atoms with Crippen LogP contribution in [0.3, 0.4) is 0 Å². The minimum absolute atomic E-state index is 0.223. The Kier molecular flexibility index (Phi) is 5.11. The molecule has 0 radical (unpaired) electrons. The van der Waals surface area contributed by atoms with Crippen LogP contribution in [-0.4, -0.2) is 24.0 Å². The lowest BCUT2D eigenvalue weighted by atomic mass is 9.77. The maximum absolute atomic E-state index is 6.43. The summed E-state index contributed by atoms with van der Waals surface area (Å²) >= 11 is 12.5. The van der Waals surface area contributed by atoms with Crippen LogP contribution in [0.2, 0.25) is 10.0 Å². The van der Waals surface area contributed by atoms with E-state index in [9.17, 15) is 0 Å². The minimum atomic E-state index is 0.223. The number of fused-ring (bicyclic) bond motifs is 1. The molecule has 1 aliphatic heterocycles. The Hall–Kier alpha value is -0.280. The summed E-state index contributed by atoms with van der Waals surface area (Å²) in [6, 6.07) is 6.72. The number of likely N-dealkylation sites (tertiary alicyclic amines) is 1. The third-order valence-electron chi connectivity index (χ3n) is 5.23. The van der Waals surface area contributed by atoms with E-state index in [0.717, 1.165) is 23.0 Å². The molecule has 2 nitrogen and oxygen atoms in total. The zero-order valence-electron chi connectivity index (χ0n) is 12.4. The van der Waals surface area contributed by atoms with Crippen molar-refractivity contribution in [3.63, 3.8) is 0 Å². The van der Waals surface area contributed by atoms with Gasteiger partial charge in [-0.1, -0.05) is 42.1 Å². The Balaban J connectivity index is 1.87. The molecule has 3 rings (SSSR count). The molecule has 1 aromatic rings. The van der Waals surface area contributed by atoms with E-state index in [0.29, 0.717) is 17.6 Å². The maximum Gasteiger partial charge on any atom is 0.0488 e. The maximum atomic E-state index is 6.43. The van der Waals surface area contributed by atoms with Gasteiger partial charge in [-0.2, -0.15) is 0 Å². The molecule has 1 aromatic carbocycles. The third kappa shape index (κ3) is 3.24. The van der Waals surface area contributed by atoms with Crippen LogP contribution >= 0.6 is 23.2 Å². The zero-order valence-corrected chi connectivity index (χ0v) is 13.9. The lowest BCUT2D eigenvalue weighted by molar-refractivity contribution is 0.0276. The first-order valence-electron chi connectivity index (χ1n) is 8.11. The van der Waals surface area contributed by atoms with Gasteiger partial charge in [0.05, 0.1) is 0 Å². The Morgan fingerprint density at radius 2 is 1.90 bits per heavy atom. The standard InChI is InChI=1S/C17H24Cl2N2/c18-13-7-8-14(15(19)10-13)17(11-20)21-9-3-5-12-4-1-2-6-16(12)21/h7-8,10,12,16-17H,1-6,9,11,20H2. The first kappa shape index (κ1) is 15.6. The summed E-state index contributed by atoms with van der Waals surface area (Å²) in [5.41, 5.74) is 7.27. The number of hydrogen-bond acceptors (Lipinski definition) is 2. The van der Waals surface area contributed by atoms with E-state index in [2.05, 4.69) is 11.0 Å². The molecule has 116 valence electrons. The molecule has 3 atom stereocenters. The second kappa shape index (κ2) is 6.87. The Morgan fingerprint density at radius 1 is 1.14 bits per heavy atom. The number of benzene rings is 1. The minimum Gasteiger partial charge on any atom is -0.329 e. The Morgan fingerprint density at radius 3 is 2.67 bits per heavy atom. The first-order chi connectivity index (χ1) is 10.2. The van der Waals surface area contributed by atoms with E-state index >= 15 is 0 Å². The second-order valence-corrected chi connectivity index (χ2v) is 7.25. The molecule has 2 aliphatic rings. The van der Waals surface area contributed by atoms with Gasteiger partial charge in [0.15, 0.2) is 0 Å². The van der Waals surface area contributed by atoms with E-state index in [1.807, 2.05) is 12.1 Å². The quantitative estimate of drug-likeness (QED) is 0.876. The number of rotatable bonds is 3. The monoisotopic (exact) mass is 326 g/mol. The summed E-state index contributed by atoms with van der Waals surface area (Å²) in [7, 11) is 0. The lowest BCUT2D eigenvalue weighted by Gasteiger charge is -2.47. The zero-order chi connectivity index (χ0) is 14.8. The van der Waals surface area contributed by atoms with Gasteiger partial charge in [0, 0.05) is 28.7 Å². The van der Waals surface area contributed by atoms with E-state index in [-0.39, 0.29) is 6.04 Å². The van der Waals surface area contributed by atoms with Crippen molar-refractivity contribution in [1.29, 1.82) is 0 Å². The fraction of sp³-hybridized carbons (Fsp3) is 0.647. The number of hydrogen-bond donors (Lipinski definition) is 1. The van der Waals surface area contributed by atoms with Gasteiger partial charge < -0.3 is 5.73 Å². The normalized spacial score (nSPS) is 28.1. The van der Waals surface area contributed by atoms with Crippen LogP contribution in [0.4, 0.5) is 0 Å². The van der Waals surface area contributed by atoms with Crippen LogP contribution in [0.1, 0.15) is 50.1 Å². The van der Waals surface area contributed by atoms with Crippen LogP contribution in [0.25, 0.3) is 0 Å². The molecule has 0 aromatic heterocycles. The molecule has 0 amide bonds. The predicted octanol–water partition coefficient (Wildman–Crippen LogP) is 4.65. The second-order valence-electron chi connectivity index (χ2n) is 6.41. The molecule has 2 fully saturated rings. The Bertz CT molecular complexity index is 490.